The van der Waals surface area contributed by atoms with Crippen LogP contribution in [0.5, 0.6) is 0 Å². The molecule has 2 N–H and O–H groups in total. The number of hydrogen-bond donors (Lipinski definition) is 1. The Hall–Kier alpha value is -0.900. The molecule has 0 bridgehead atoms. The molecule has 0 aromatic carbocycles. The van der Waals surface area contributed by atoms with Crippen LogP contribution in [0, 0.1) is 6.92 Å². The summed E-state index contributed by atoms with van der Waals surface area (Å²) in [7, 11) is 0. The zero-order valence-corrected chi connectivity index (χ0v) is 9.06. The summed E-state index contributed by atoms with van der Waals surface area (Å²) in [5.74, 6) is 0.232. The van der Waals surface area contributed by atoms with E-state index in [-0.39, 0.29) is 5.91 Å². The number of nitrogens with two attached hydrogens (primary N) is 1. The van der Waals surface area contributed by atoms with Crippen LogP contribution in [0.3, 0.4) is 0 Å². The summed E-state index contributed by atoms with van der Waals surface area (Å²) in [6.07, 6.45) is 5.00. The number of nitrogens with zero attached hydrogens (tertiary/aromatic N) is 1. The fraction of sp³-hybridized carbons (Fsp3) is 0.600. The standard InChI is InChI=1S/C10H14N2OS/c1-6-8(9(11)13)14-10(12-6)7-4-2-3-5-7/h7H,2-5H2,1H3,(H2,11,13). The summed E-state index contributed by atoms with van der Waals surface area (Å²) < 4.78 is 0. The Labute approximate surface area is 87.3 Å². The van der Waals surface area contributed by atoms with Crippen LogP contribution in [0.15, 0.2) is 0 Å². The lowest BCUT2D eigenvalue weighted by atomic mass is 10.1. The van der Waals surface area contributed by atoms with Crippen LogP contribution in [0.25, 0.3) is 0 Å². The Balaban J connectivity index is 2.27. The number of carbonyl (C=O) groups is 1. The summed E-state index contributed by atoms with van der Waals surface area (Å²) in [6, 6.07) is 0. The molecule has 0 unspecified atom stereocenters. The number of thiazole rings is 1. The first-order valence-corrected chi connectivity index (χ1v) is 5.77. The Morgan fingerprint density at radius 3 is 2.64 bits per heavy atom. The van der Waals surface area contributed by atoms with Crippen molar-refractivity contribution in [3.05, 3.63) is 15.6 Å². The van der Waals surface area contributed by atoms with Crippen molar-refractivity contribution >= 4 is 17.2 Å². The van der Waals surface area contributed by atoms with E-state index in [1.807, 2.05) is 6.92 Å². The molecule has 1 aromatic rings. The maximum Gasteiger partial charge on any atom is 0.260 e. The van der Waals surface area contributed by atoms with Gasteiger partial charge in [0.1, 0.15) is 4.88 Å². The fourth-order valence-electron chi connectivity index (χ4n) is 1.99. The van der Waals surface area contributed by atoms with Gasteiger partial charge in [0.15, 0.2) is 0 Å². The van der Waals surface area contributed by atoms with Gasteiger partial charge in [0, 0.05) is 5.92 Å². The van der Waals surface area contributed by atoms with E-state index in [0.29, 0.717) is 10.8 Å². The maximum atomic E-state index is 11.0. The lowest BCUT2D eigenvalue weighted by Crippen LogP contribution is -2.09. The minimum Gasteiger partial charge on any atom is -0.365 e. The quantitative estimate of drug-likeness (QED) is 0.813. The molecule has 0 spiro atoms. The fourth-order valence-corrected chi connectivity index (χ4v) is 3.08. The maximum absolute atomic E-state index is 11.0. The van der Waals surface area contributed by atoms with E-state index >= 15 is 0 Å². The average molecular weight is 210 g/mol. The van der Waals surface area contributed by atoms with Crippen molar-refractivity contribution < 1.29 is 4.79 Å². The van der Waals surface area contributed by atoms with E-state index in [0.717, 1.165) is 10.7 Å². The molecule has 0 radical (unpaired) electrons. The van der Waals surface area contributed by atoms with E-state index in [1.54, 1.807) is 0 Å². The minimum absolute atomic E-state index is 0.343. The predicted octanol–water partition coefficient (Wildman–Crippen LogP) is 2.21. The summed E-state index contributed by atoms with van der Waals surface area (Å²) in [5.41, 5.74) is 6.05. The number of rotatable bonds is 2. The van der Waals surface area contributed by atoms with Crippen LogP contribution in [0.1, 0.15) is 52.0 Å². The molecule has 1 saturated carbocycles. The third-order valence-electron chi connectivity index (χ3n) is 2.74. The average Bonchev–Trinajstić information content (AvgIpc) is 2.70. The van der Waals surface area contributed by atoms with Crippen molar-refractivity contribution in [2.75, 3.05) is 0 Å². The molecule has 3 nitrogen and oxygen atoms in total. The van der Waals surface area contributed by atoms with Crippen molar-refractivity contribution in [3.63, 3.8) is 0 Å². The van der Waals surface area contributed by atoms with Gasteiger partial charge in [-0.3, -0.25) is 4.79 Å². The smallest absolute Gasteiger partial charge is 0.260 e. The second-order valence-electron chi connectivity index (χ2n) is 3.81. The predicted molar refractivity (Wildman–Crippen MR) is 56.6 cm³/mol. The monoisotopic (exact) mass is 210 g/mol. The first kappa shape index (κ1) is 9.65. The lowest BCUT2D eigenvalue weighted by molar-refractivity contribution is 0.100. The van der Waals surface area contributed by atoms with E-state index in [4.69, 9.17) is 5.73 Å². The van der Waals surface area contributed by atoms with Gasteiger partial charge >= 0.3 is 0 Å². The summed E-state index contributed by atoms with van der Waals surface area (Å²) >= 11 is 1.48. The van der Waals surface area contributed by atoms with E-state index in [2.05, 4.69) is 4.98 Å². The van der Waals surface area contributed by atoms with Gasteiger partial charge in [0.05, 0.1) is 10.7 Å². The van der Waals surface area contributed by atoms with Crippen LogP contribution in [0.4, 0.5) is 0 Å². The van der Waals surface area contributed by atoms with Crippen LogP contribution in [0.2, 0.25) is 0 Å². The number of carbonyl (C=O) groups excluding carboxylic acids is 1. The van der Waals surface area contributed by atoms with Crippen LogP contribution in [-0.2, 0) is 0 Å². The van der Waals surface area contributed by atoms with Crippen molar-refractivity contribution in [2.24, 2.45) is 5.73 Å². The summed E-state index contributed by atoms with van der Waals surface area (Å²) in [6.45, 7) is 1.86. The van der Waals surface area contributed by atoms with Crippen molar-refractivity contribution in [2.45, 2.75) is 38.5 Å². The van der Waals surface area contributed by atoms with Crippen LogP contribution in [-0.4, -0.2) is 10.9 Å². The van der Waals surface area contributed by atoms with Crippen LogP contribution < -0.4 is 5.73 Å². The van der Waals surface area contributed by atoms with Gasteiger partial charge in [0.2, 0.25) is 0 Å². The molecule has 14 heavy (non-hydrogen) atoms. The number of aromatic nitrogens is 1. The highest BCUT2D eigenvalue weighted by Crippen LogP contribution is 2.36. The second kappa shape index (κ2) is 3.69. The zero-order chi connectivity index (χ0) is 10.1. The largest absolute Gasteiger partial charge is 0.365 e. The summed E-state index contributed by atoms with van der Waals surface area (Å²) in [4.78, 5) is 16.1. The molecule has 1 amide bonds. The number of primary amides is 1. The van der Waals surface area contributed by atoms with E-state index in [1.165, 1.54) is 37.0 Å². The molecule has 0 aliphatic heterocycles. The Morgan fingerprint density at radius 2 is 2.14 bits per heavy atom. The highest BCUT2D eigenvalue weighted by atomic mass is 32.1. The van der Waals surface area contributed by atoms with E-state index in [9.17, 15) is 4.79 Å². The Bertz CT molecular complexity index is 353. The third kappa shape index (κ3) is 1.66. The van der Waals surface area contributed by atoms with Gasteiger partial charge in [-0.25, -0.2) is 4.98 Å². The number of hydrogen-bond acceptors (Lipinski definition) is 3. The molecule has 1 heterocycles. The van der Waals surface area contributed by atoms with Gasteiger partial charge in [0.25, 0.3) is 5.91 Å². The van der Waals surface area contributed by atoms with Crippen molar-refractivity contribution in [1.82, 2.24) is 4.98 Å². The highest BCUT2D eigenvalue weighted by molar-refractivity contribution is 7.13. The molecule has 0 atom stereocenters. The molecule has 4 heteroatoms. The van der Waals surface area contributed by atoms with E-state index < -0.39 is 0 Å². The van der Waals surface area contributed by atoms with Crippen LogP contribution >= 0.6 is 11.3 Å². The molecule has 1 aliphatic rings. The second-order valence-corrected chi connectivity index (χ2v) is 4.84. The Morgan fingerprint density at radius 1 is 1.50 bits per heavy atom. The van der Waals surface area contributed by atoms with Gasteiger partial charge < -0.3 is 5.73 Å². The molecule has 76 valence electrons. The molecular weight excluding hydrogens is 196 g/mol. The zero-order valence-electron chi connectivity index (χ0n) is 8.25. The molecule has 1 aliphatic carbocycles. The highest BCUT2D eigenvalue weighted by Gasteiger charge is 2.22. The molecular formula is C10H14N2OS. The summed E-state index contributed by atoms with van der Waals surface area (Å²) in [5, 5.41) is 1.11. The Kier molecular flexibility index (Phi) is 2.54. The van der Waals surface area contributed by atoms with Crippen molar-refractivity contribution in [3.8, 4) is 0 Å². The minimum atomic E-state index is -0.343. The van der Waals surface area contributed by atoms with Crippen molar-refractivity contribution in [1.29, 1.82) is 0 Å². The molecule has 0 saturated heterocycles. The molecule has 1 fully saturated rings. The number of amides is 1. The van der Waals surface area contributed by atoms with Gasteiger partial charge in [-0.15, -0.1) is 11.3 Å². The normalized spacial score (nSPS) is 17.5. The SMILES string of the molecule is Cc1nc(C2CCCC2)sc1C(N)=O. The molecule has 1 aromatic heterocycles. The molecule has 2 rings (SSSR count). The number of aryl methyl sites for hydroxylation is 1. The first-order valence-electron chi connectivity index (χ1n) is 4.95. The first-order chi connectivity index (χ1) is 6.68. The lowest BCUT2D eigenvalue weighted by Gasteiger charge is -2.01. The van der Waals surface area contributed by atoms with Gasteiger partial charge in [-0.2, -0.15) is 0 Å². The van der Waals surface area contributed by atoms with Gasteiger partial charge in [-0.05, 0) is 19.8 Å². The third-order valence-corrected chi connectivity index (χ3v) is 4.08. The van der Waals surface area contributed by atoms with Gasteiger partial charge in [-0.1, -0.05) is 12.8 Å². The topological polar surface area (TPSA) is 56.0 Å².